The lowest BCUT2D eigenvalue weighted by atomic mass is 9.89. The smallest absolute Gasteiger partial charge is 0.489 e. The van der Waals surface area contributed by atoms with Crippen molar-refractivity contribution in [1.82, 2.24) is 4.48 Å². The molecule has 0 fully saturated rings. The van der Waals surface area contributed by atoms with Crippen LogP contribution in [0, 0.1) is 13.8 Å². The van der Waals surface area contributed by atoms with E-state index in [2.05, 4.69) is 0 Å². The van der Waals surface area contributed by atoms with Crippen molar-refractivity contribution in [3.63, 3.8) is 0 Å². The van der Waals surface area contributed by atoms with E-state index >= 15 is 8.63 Å². The minimum atomic E-state index is -4.05. The molecule has 3 heterocycles. The fourth-order valence-corrected chi connectivity index (χ4v) is 7.40. The molecule has 2 aliphatic heterocycles. The van der Waals surface area contributed by atoms with Gasteiger partial charge in [-0.1, -0.05) is 91.9 Å². The molecular weight excluding hydrogens is 601 g/mol. The molecule has 242 valence electrons. The van der Waals surface area contributed by atoms with Crippen LogP contribution in [0.5, 0.6) is 11.5 Å². The summed E-state index contributed by atoms with van der Waals surface area (Å²) < 4.78 is 47.9. The SMILES string of the molecule is CCC1=C(C)C2=Cc3c(C)c(-c4ccc(-c5cc(OCc6ccccc6)ccc5OCc5ccccc5)cc4)c(C)n3[B-](F)(F)[N+]2=C1C. The number of rotatable bonds is 9. The number of ether oxygens (including phenoxy) is 2. The Hall–Kier alpha value is -5.17. The van der Waals surface area contributed by atoms with Gasteiger partial charge in [0.25, 0.3) is 0 Å². The number of aromatic nitrogens is 1. The van der Waals surface area contributed by atoms with Gasteiger partial charge in [-0.3, -0.25) is 0 Å². The molecule has 0 N–H and O–H groups in total. The number of nitrogens with zero attached hydrogens (tertiary/aromatic N) is 2. The molecule has 7 heteroatoms. The summed E-state index contributed by atoms with van der Waals surface area (Å²) in [5.41, 5.74) is 10.9. The Balaban J connectivity index is 1.24. The van der Waals surface area contributed by atoms with Gasteiger partial charge in [0.2, 0.25) is 0 Å². The van der Waals surface area contributed by atoms with E-state index in [1.54, 1.807) is 0 Å². The van der Waals surface area contributed by atoms with E-state index < -0.39 is 6.97 Å². The standard InChI is InChI=1S/C41H39BF2N2O2/c1-6-36-27(2)38-24-39-28(3)41(30(5)46(39)42(43,44)45(38)29(36)4)34-19-17-33(18-20-34)37-23-35(47-25-31-13-9-7-10-14-31)21-22-40(37)48-26-32-15-11-8-12-16-32/h7-24H,6,25-26H2,1-5H3. The van der Waals surface area contributed by atoms with E-state index in [1.807, 2.05) is 144 Å². The van der Waals surface area contributed by atoms with Crippen LogP contribution in [0.15, 0.2) is 120 Å². The van der Waals surface area contributed by atoms with Gasteiger partial charge in [0, 0.05) is 41.0 Å². The monoisotopic (exact) mass is 640 g/mol. The highest BCUT2D eigenvalue weighted by Crippen LogP contribution is 2.44. The molecule has 0 atom stereocenters. The molecule has 1 aromatic heterocycles. The molecule has 4 aromatic carbocycles. The zero-order chi connectivity index (χ0) is 33.6. The Morgan fingerprint density at radius 2 is 1.33 bits per heavy atom. The van der Waals surface area contributed by atoms with Crippen molar-refractivity contribution in [3.8, 4) is 33.8 Å². The number of halogens is 2. The van der Waals surface area contributed by atoms with Gasteiger partial charge < -0.3 is 27.1 Å². The zero-order valence-corrected chi connectivity index (χ0v) is 28.1. The number of hydrogen-bond donors (Lipinski definition) is 0. The van der Waals surface area contributed by atoms with Crippen LogP contribution in [-0.4, -0.2) is 21.6 Å². The van der Waals surface area contributed by atoms with Gasteiger partial charge in [-0.05, 0) is 78.9 Å². The Bertz CT molecular complexity index is 2110. The molecule has 0 saturated carbocycles. The maximum Gasteiger partial charge on any atom is 0.737 e. The van der Waals surface area contributed by atoms with Gasteiger partial charge in [0.1, 0.15) is 30.4 Å². The lowest BCUT2D eigenvalue weighted by molar-refractivity contribution is -0.363. The molecule has 0 amide bonds. The van der Waals surface area contributed by atoms with Crippen molar-refractivity contribution in [3.05, 3.63) is 148 Å². The van der Waals surface area contributed by atoms with E-state index in [9.17, 15) is 0 Å². The molecule has 0 bridgehead atoms. The molecule has 4 nitrogen and oxygen atoms in total. The van der Waals surface area contributed by atoms with E-state index in [4.69, 9.17) is 9.47 Å². The van der Waals surface area contributed by atoms with Crippen molar-refractivity contribution in [2.24, 2.45) is 0 Å². The first-order chi connectivity index (χ1) is 23.2. The topological polar surface area (TPSA) is 26.4 Å². The normalized spacial score (nSPS) is 14.9. The van der Waals surface area contributed by atoms with Gasteiger partial charge >= 0.3 is 6.97 Å². The summed E-state index contributed by atoms with van der Waals surface area (Å²) in [6.45, 7) is 6.39. The van der Waals surface area contributed by atoms with Gasteiger partial charge in [-0.2, -0.15) is 0 Å². The number of fused-ring (bicyclic) bond motifs is 2. The van der Waals surface area contributed by atoms with Crippen LogP contribution in [0.2, 0.25) is 0 Å². The highest BCUT2D eigenvalue weighted by atomic mass is 19.2. The molecule has 0 aliphatic carbocycles. The van der Waals surface area contributed by atoms with Crippen molar-refractivity contribution in [1.29, 1.82) is 0 Å². The molecule has 0 unspecified atom stereocenters. The Morgan fingerprint density at radius 1 is 0.729 bits per heavy atom. The van der Waals surface area contributed by atoms with Crippen LogP contribution in [0.3, 0.4) is 0 Å². The average Bonchev–Trinajstić information content (AvgIpc) is 3.51. The van der Waals surface area contributed by atoms with E-state index in [1.165, 1.54) is 8.96 Å². The van der Waals surface area contributed by atoms with Crippen LogP contribution in [0.25, 0.3) is 28.3 Å². The molecule has 7 rings (SSSR count). The summed E-state index contributed by atoms with van der Waals surface area (Å²) in [5.74, 6) is 1.47. The van der Waals surface area contributed by atoms with Crippen LogP contribution in [0.4, 0.5) is 8.63 Å². The Morgan fingerprint density at radius 3 is 1.96 bits per heavy atom. The first kappa shape index (κ1) is 31.4. The van der Waals surface area contributed by atoms with Gasteiger partial charge in [0.05, 0.1) is 0 Å². The highest BCUT2D eigenvalue weighted by molar-refractivity contribution is 6.58. The zero-order valence-electron chi connectivity index (χ0n) is 28.1. The van der Waals surface area contributed by atoms with E-state index in [0.717, 1.165) is 68.0 Å². The first-order valence-corrected chi connectivity index (χ1v) is 16.6. The second-order valence-electron chi connectivity index (χ2n) is 12.7. The van der Waals surface area contributed by atoms with Crippen LogP contribution < -0.4 is 9.47 Å². The maximum atomic E-state index is 16.4. The Kier molecular flexibility index (Phi) is 8.16. The molecule has 2 aliphatic rings. The number of allylic oxidation sites excluding steroid dienone is 2. The van der Waals surface area contributed by atoms with Crippen molar-refractivity contribution in [2.75, 3.05) is 0 Å². The van der Waals surface area contributed by atoms with Gasteiger partial charge in [-0.25, -0.2) is 0 Å². The lowest BCUT2D eigenvalue weighted by Gasteiger charge is -2.30. The largest absolute Gasteiger partial charge is 0.737 e. The third-order valence-electron chi connectivity index (χ3n) is 9.81. The fourth-order valence-electron chi connectivity index (χ4n) is 7.40. The summed E-state index contributed by atoms with van der Waals surface area (Å²) in [6, 6.07) is 34.1. The van der Waals surface area contributed by atoms with Crippen molar-refractivity contribution < 1.29 is 22.6 Å². The third-order valence-corrected chi connectivity index (χ3v) is 9.81. The molecule has 0 radical (unpaired) electrons. The lowest BCUT2D eigenvalue weighted by Crippen LogP contribution is -2.50. The fraction of sp³-hybridized carbons (Fsp3) is 0.195. The molecule has 48 heavy (non-hydrogen) atoms. The molecule has 5 aromatic rings. The summed E-state index contributed by atoms with van der Waals surface area (Å²) in [5, 5.41) is 0. The van der Waals surface area contributed by atoms with Crippen molar-refractivity contribution in [2.45, 2.75) is 54.3 Å². The number of benzene rings is 4. The summed E-state index contributed by atoms with van der Waals surface area (Å²) in [4.78, 5) is 0. The second-order valence-corrected chi connectivity index (χ2v) is 12.7. The second kappa shape index (κ2) is 12.5. The summed E-state index contributed by atoms with van der Waals surface area (Å²) in [6.07, 6.45) is 2.67. The van der Waals surface area contributed by atoms with E-state index in [0.29, 0.717) is 36.0 Å². The van der Waals surface area contributed by atoms with Crippen LogP contribution in [-0.2, 0) is 13.2 Å². The average molecular weight is 641 g/mol. The minimum absolute atomic E-state index is 0.429. The summed E-state index contributed by atoms with van der Waals surface area (Å²) in [7, 11) is 0. The van der Waals surface area contributed by atoms with Gasteiger partial charge in [-0.15, -0.1) is 0 Å². The predicted molar refractivity (Wildman–Crippen MR) is 192 cm³/mol. The maximum absolute atomic E-state index is 16.4. The van der Waals surface area contributed by atoms with Crippen LogP contribution in [0.1, 0.15) is 55.3 Å². The molecule has 0 saturated heterocycles. The van der Waals surface area contributed by atoms with E-state index in [-0.39, 0.29) is 0 Å². The minimum Gasteiger partial charge on any atom is -0.489 e. The summed E-state index contributed by atoms with van der Waals surface area (Å²) >= 11 is 0. The highest BCUT2D eigenvalue weighted by Gasteiger charge is 2.54. The third kappa shape index (κ3) is 5.37. The quantitative estimate of drug-likeness (QED) is 0.150. The predicted octanol–water partition coefficient (Wildman–Crippen LogP) is 10.4. The first-order valence-electron chi connectivity index (χ1n) is 16.6. The number of hydrogen-bond acceptors (Lipinski definition) is 2. The van der Waals surface area contributed by atoms with Gasteiger partial charge in [0.15, 0.2) is 5.70 Å². The Labute approximate surface area is 281 Å². The molecule has 0 spiro atoms. The van der Waals surface area contributed by atoms with Crippen molar-refractivity contribution >= 4 is 18.8 Å². The van der Waals surface area contributed by atoms with Crippen LogP contribution >= 0.6 is 0 Å². The molecular formula is C41H39BF2N2O2.